The molecule has 1 aromatic rings. The van der Waals surface area contributed by atoms with Gasteiger partial charge in [0.25, 0.3) is 0 Å². The maximum absolute atomic E-state index is 11.7. The van der Waals surface area contributed by atoms with Crippen molar-refractivity contribution >= 4 is 10.0 Å². The first-order chi connectivity index (χ1) is 11.0. The predicted molar refractivity (Wildman–Crippen MR) is 90.8 cm³/mol. The highest BCUT2D eigenvalue weighted by molar-refractivity contribution is 7.88. The number of rotatable bonds is 6. The van der Waals surface area contributed by atoms with Gasteiger partial charge in [-0.2, -0.15) is 0 Å². The summed E-state index contributed by atoms with van der Waals surface area (Å²) in [6, 6.07) is 10.5. The quantitative estimate of drug-likeness (QED) is 0.848. The van der Waals surface area contributed by atoms with Gasteiger partial charge in [0.2, 0.25) is 10.0 Å². The van der Waals surface area contributed by atoms with E-state index in [1.807, 2.05) is 18.2 Å². The molecule has 1 N–H and O–H groups in total. The van der Waals surface area contributed by atoms with Gasteiger partial charge in [-0.3, -0.25) is 4.90 Å². The van der Waals surface area contributed by atoms with Crippen molar-refractivity contribution in [3.8, 4) is 0 Å². The zero-order valence-electron chi connectivity index (χ0n) is 13.6. The molecule has 0 aromatic heterocycles. The summed E-state index contributed by atoms with van der Waals surface area (Å²) in [5.41, 5.74) is 1.26. The largest absolute Gasteiger partial charge is 0.381 e. The SMILES string of the molecule is CS(=O)(=O)N[C@@H]1CCN(CC2CCOC2)[C@H]1Cc1ccccc1. The molecule has 2 aliphatic rings. The summed E-state index contributed by atoms with van der Waals surface area (Å²) >= 11 is 0. The standard InChI is InChI=1S/C17H26N2O3S/c1-23(20,21)18-16-7-9-19(12-15-8-10-22-13-15)17(16)11-14-5-3-2-4-6-14/h2-6,15-18H,7-13H2,1H3/t15?,16-,17+/m1/s1. The minimum atomic E-state index is -3.18. The number of hydrogen-bond donors (Lipinski definition) is 1. The molecular weight excluding hydrogens is 312 g/mol. The summed E-state index contributed by atoms with van der Waals surface area (Å²) in [5.74, 6) is 0.574. The van der Waals surface area contributed by atoms with Crippen molar-refractivity contribution in [3.05, 3.63) is 35.9 Å². The van der Waals surface area contributed by atoms with E-state index in [-0.39, 0.29) is 12.1 Å². The number of hydrogen-bond acceptors (Lipinski definition) is 4. The Labute approximate surface area is 139 Å². The molecule has 0 amide bonds. The topological polar surface area (TPSA) is 58.6 Å². The van der Waals surface area contributed by atoms with Gasteiger partial charge < -0.3 is 4.74 Å². The van der Waals surface area contributed by atoms with E-state index in [2.05, 4.69) is 21.8 Å². The van der Waals surface area contributed by atoms with Crippen LogP contribution < -0.4 is 4.72 Å². The minimum absolute atomic E-state index is 0.00692. The normalized spacial score (nSPS) is 29.2. The van der Waals surface area contributed by atoms with Gasteiger partial charge in [-0.25, -0.2) is 13.1 Å². The van der Waals surface area contributed by atoms with E-state index in [0.29, 0.717) is 5.92 Å². The molecule has 6 heteroatoms. The second-order valence-corrected chi connectivity index (χ2v) is 8.55. The average molecular weight is 338 g/mol. The number of sulfonamides is 1. The molecule has 0 bridgehead atoms. The van der Waals surface area contributed by atoms with Gasteiger partial charge in [0.15, 0.2) is 0 Å². The van der Waals surface area contributed by atoms with E-state index in [1.165, 1.54) is 11.8 Å². The van der Waals surface area contributed by atoms with Gasteiger partial charge in [0, 0.05) is 31.8 Å². The van der Waals surface area contributed by atoms with Crippen LogP contribution in [0.1, 0.15) is 18.4 Å². The van der Waals surface area contributed by atoms with Gasteiger partial charge in [-0.05, 0) is 30.7 Å². The first kappa shape index (κ1) is 16.9. The second-order valence-electron chi connectivity index (χ2n) is 6.77. The van der Waals surface area contributed by atoms with E-state index in [4.69, 9.17) is 4.74 Å². The second kappa shape index (κ2) is 7.30. The van der Waals surface area contributed by atoms with Gasteiger partial charge >= 0.3 is 0 Å². The van der Waals surface area contributed by atoms with E-state index < -0.39 is 10.0 Å². The number of likely N-dealkylation sites (tertiary alicyclic amines) is 1. The first-order valence-corrected chi connectivity index (χ1v) is 10.2. The molecule has 2 aliphatic heterocycles. The molecular formula is C17H26N2O3S. The zero-order valence-corrected chi connectivity index (χ0v) is 14.5. The van der Waals surface area contributed by atoms with Crippen molar-refractivity contribution in [1.29, 1.82) is 0 Å². The lowest BCUT2D eigenvalue weighted by Gasteiger charge is -2.30. The molecule has 0 radical (unpaired) electrons. The Morgan fingerprint density at radius 2 is 2.04 bits per heavy atom. The van der Waals surface area contributed by atoms with Crippen LogP contribution in [0.4, 0.5) is 0 Å². The van der Waals surface area contributed by atoms with Crippen LogP contribution in [0.5, 0.6) is 0 Å². The Balaban J connectivity index is 1.72. The molecule has 2 fully saturated rings. The van der Waals surface area contributed by atoms with Crippen LogP contribution in [0.2, 0.25) is 0 Å². The van der Waals surface area contributed by atoms with E-state index in [0.717, 1.165) is 45.6 Å². The molecule has 5 nitrogen and oxygen atoms in total. The molecule has 1 unspecified atom stereocenters. The monoisotopic (exact) mass is 338 g/mol. The highest BCUT2D eigenvalue weighted by Gasteiger charge is 2.37. The summed E-state index contributed by atoms with van der Waals surface area (Å²) in [6.07, 6.45) is 4.11. The third kappa shape index (κ3) is 4.76. The van der Waals surface area contributed by atoms with Crippen LogP contribution in [0.25, 0.3) is 0 Å². The lowest BCUT2D eigenvalue weighted by molar-refractivity contribution is 0.159. The van der Waals surface area contributed by atoms with Crippen LogP contribution in [-0.4, -0.2) is 58.0 Å². The van der Waals surface area contributed by atoms with Gasteiger partial charge in [0.1, 0.15) is 0 Å². The van der Waals surface area contributed by atoms with Gasteiger partial charge in [-0.15, -0.1) is 0 Å². The van der Waals surface area contributed by atoms with Gasteiger partial charge in [-0.1, -0.05) is 30.3 Å². The molecule has 2 saturated heterocycles. The van der Waals surface area contributed by atoms with E-state index in [9.17, 15) is 8.42 Å². The van der Waals surface area contributed by atoms with Crippen LogP contribution in [0, 0.1) is 5.92 Å². The van der Waals surface area contributed by atoms with Crippen LogP contribution >= 0.6 is 0 Å². The fourth-order valence-electron chi connectivity index (χ4n) is 3.74. The number of ether oxygens (including phenoxy) is 1. The Morgan fingerprint density at radius 1 is 1.26 bits per heavy atom. The lowest BCUT2D eigenvalue weighted by atomic mass is 10.00. The van der Waals surface area contributed by atoms with Crippen LogP contribution in [0.3, 0.4) is 0 Å². The lowest BCUT2D eigenvalue weighted by Crippen LogP contribution is -2.47. The molecule has 0 spiro atoms. The van der Waals surface area contributed by atoms with Crippen molar-refractivity contribution in [2.75, 3.05) is 32.6 Å². The molecule has 128 valence electrons. The highest BCUT2D eigenvalue weighted by atomic mass is 32.2. The van der Waals surface area contributed by atoms with Crippen molar-refractivity contribution in [2.24, 2.45) is 5.92 Å². The van der Waals surface area contributed by atoms with Gasteiger partial charge in [0.05, 0.1) is 12.9 Å². The molecule has 0 saturated carbocycles. The molecule has 1 aromatic carbocycles. The van der Waals surface area contributed by atoms with Crippen molar-refractivity contribution in [1.82, 2.24) is 9.62 Å². The fourth-order valence-corrected chi connectivity index (χ4v) is 4.57. The maximum Gasteiger partial charge on any atom is 0.209 e. The van der Waals surface area contributed by atoms with Crippen molar-refractivity contribution in [2.45, 2.75) is 31.3 Å². The molecule has 0 aliphatic carbocycles. The van der Waals surface area contributed by atoms with Crippen molar-refractivity contribution < 1.29 is 13.2 Å². The number of nitrogens with one attached hydrogen (secondary N) is 1. The maximum atomic E-state index is 11.7. The fraction of sp³-hybridized carbons (Fsp3) is 0.647. The molecule has 3 rings (SSSR count). The Bertz CT molecular complexity index is 600. The number of nitrogens with zero attached hydrogens (tertiary/aromatic N) is 1. The minimum Gasteiger partial charge on any atom is -0.381 e. The summed E-state index contributed by atoms with van der Waals surface area (Å²) in [5, 5.41) is 0. The van der Waals surface area contributed by atoms with Crippen LogP contribution in [0.15, 0.2) is 30.3 Å². The number of benzene rings is 1. The third-order valence-electron chi connectivity index (χ3n) is 4.83. The molecule has 23 heavy (non-hydrogen) atoms. The zero-order chi connectivity index (χ0) is 16.3. The first-order valence-electron chi connectivity index (χ1n) is 8.34. The summed E-state index contributed by atoms with van der Waals surface area (Å²) in [6.45, 7) is 3.63. The summed E-state index contributed by atoms with van der Waals surface area (Å²) < 4.78 is 31.7. The van der Waals surface area contributed by atoms with E-state index in [1.54, 1.807) is 0 Å². The average Bonchev–Trinajstić information content (AvgIpc) is 3.12. The predicted octanol–water partition coefficient (Wildman–Crippen LogP) is 1.26. The third-order valence-corrected chi connectivity index (χ3v) is 5.56. The summed E-state index contributed by atoms with van der Waals surface area (Å²) in [4.78, 5) is 2.45. The molecule has 2 heterocycles. The van der Waals surface area contributed by atoms with Crippen LogP contribution in [-0.2, 0) is 21.2 Å². The Hall–Kier alpha value is -0.950. The summed E-state index contributed by atoms with van der Waals surface area (Å²) in [7, 11) is -3.18. The van der Waals surface area contributed by atoms with E-state index >= 15 is 0 Å². The Kier molecular flexibility index (Phi) is 5.36. The smallest absolute Gasteiger partial charge is 0.209 e. The van der Waals surface area contributed by atoms with Crippen molar-refractivity contribution in [3.63, 3.8) is 0 Å². The molecule has 3 atom stereocenters. The Morgan fingerprint density at radius 3 is 2.70 bits per heavy atom. The highest BCUT2D eigenvalue weighted by Crippen LogP contribution is 2.25.